The largest absolute Gasteiger partial charge is 0.416 e. The number of aromatic nitrogens is 2. The van der Waals surface area contributed by atoms with Gasteiger partial charge in [0.15, 0.2) is 5.82 Å². The van der Waals surface area contributed by atoms with Crippen molar-refractivity contribution in [2.24, 2.45) is 5.41 Å². The van der Waals surface area contributed by atoms with Crippen LogP contribution < -0.4 is 4.90 Å². The van der Waals surface area contributed by atoms with Gasteiger partial charge in [-0.1, -0.05) is 18.6 Å². The van der Waals surface area contributed by atoms with Gasteiger partial charge in [0, 0.05) is 24.7 Å². The number of hydrogen-bond acceptors (Lipinski definition) is 4. The first-order valence-electron chi connectivity index (χ1n) is 11.4. The molecule has 1 spiro atoms. The zero-order chi connectivity index (χ0) is 21.5. The normalized spacial score (nSPS) is 22.5. The molecule has 0 atom stereocenters. The van der Waals surface area contributed by atoms with Crippen molar-refractivity contribution in [1.82, 2.24) is 15.1 Å². The van der Waals surface area contributed by atoms with Gasteiger partial charge in [-0.05, 0) is 81.3 Å². The number of hydrogen-bond donors (Lipinski definition) is 0. The summed E-state index contributed by atoms with van der Waals surface area (Å²) in [6, 6.07) is 9.73. The second kappa shape index (κ2) is 8.08. The lowest BCUT2D eigenvalue weighted by atomic mass is 9.70. The van der Waals surface area contributed by atoms with Gasteiger partial charge in [-0.15, -0.1) is 10.2 Å². The van der Waals surface area contributed by atoms with Gasteiger partial charge in [0.2, 0.25) is 0 Å². The van der Waals surface area contributed by atoms with Crippen molar-refractivity contribution in [3.8, 4) is 11.3 Å². The molecule has 0 radical (unpaired) electrons. The van der Waals surface area contributed by atoms with E-state index in [-0.39, 0.29) is 0 Å². The van der Waals surface area contributed by atoms with Crippen LogP contribution in [0.1, 0.15) is 50.5 Å². The monoisotopic (exact) mass is 430 g/mol. The van der Waals surface area contributed by atoms with Crippen molar-refractivity contribution >= 4 is 5.82 Å². The van der Waals surface area contributed by atoms with Crippen molar-refractivity contribution < 1.29 is 13.2 Å². The van der Waals surface area contributed by atoms with Crippen LogP contribution in [0.5, 0.6) is 0 Å². The van der Waals surface area contributed by atoms with Crippen LogP contribution in [-0.2, 0) is 6.18 Å². The Bertz CT molecular complexity index is 873. The van der Waals surface area contributed by atoms with Gasteiger partial charge in [-0.25, -0.2) is 0 Å². The molecule has 2 aliphatic heterocycles. The Labute approximate surface area is 181 Å². The molecule has 5 rings (SSSR count). The Hall–Kier alpha value is -2.15. The summed E-state index contributed by atoms with van der Waals surface area (Å²) in [6.07, 6.45) is 4.89. The molecule has 3 fully saturated rings. The first-order chi connectivity index (χ1) is 14.9. The summed E-state index contributed by atoms with van der Waals surface area (Å²) in [7, 11) is 0. The molecule has 0 amide bonds. The maximum atomic E-state index is 12.8. The predicted molar refractivity (Wildman–Crippen MR) is 115 cm³/mol. The molecule has 31 heavy (non-hydrogen) atoms. The van der Waals surface area contributed by atoms with Crippen LogP contribution in [0.4, 0.5) is 19.0 Å². The number of alkyl halides is 3. The summed E-state index contributed by atoms with van der Waals surface area (Å²) in [6.45, 7) is 4.51. The van der Waals surface area contributed by atoms with Gasteiger partial charge >= 0.3 is 6.18 Å². The van der Waals surface area contributed by atoms with Crippen molar-refractivity contribution in [3.63, 3.8) is 0 Å². The number of piperidine rings is 2. The molecule has 2 aromatic rings. The highest BCUT2D eigenvalue weighted by Crippen LogP contribution is 2.43. The van der Waals surface area contributed by atoms with Crippen LogP contribution in [-0.4, -0.2) is 47.3 Å². The Morgan fingerprint density at radius 1 is 0.806 bits per heavy atom. The Kier molecular flexibility index (Phi) is 5.40. The van der Waals surface area contributed by atoms with E-state index in [0.29, 0.717) is 16.7 Å². The van der Waals surface area contributed by atoms with E-state index in [1.165, 1.54) is 70.2 Å². The van der Waals surface area contributed by atoms with E-state index in [0.717, 1.165) is 37.1 Å². The van der Waals surface area contributed by atoms with Gasteiger partial charge in [0.05, 0.1) is 11.3 Å². The molecule has 1 aromatic heterocycles. The molecule has 1 aliphatic carbocycles. The Balaban J connectivity index is 1.18. The number of likely N-dealkylation sites (tertiary alicyclic amines) is 1. The van der Waals surface area contributed by atoms with Crippen LogP contribution in [0.2, 0.25) is 0 Å². The van der Waals surface area contributed by atoms with Crippen LogP contribution in [0.15, 0.2) is 36.4 Å². The van der Waals surface area contributed by atoms with Gasteiger partial charge in [-0.2, -0.15) is 13.2 Å². The molecule has 7 heteroatoms. The highest BCUT2D eigenvalue weighted by Gasteiger charge is 2.40. The minimum atomic E-state index is -4.33. The fourth-order valence-electron chi connectivity index (χ4n) is 5.30. The van der Waals surface area contributed by atoms with Crippen molar-refractivity contribution in [1.29, 1.82) is 0 Å². The van der Waals surface area contributed by atoms with Crippen molar-refractivity contribution in [2.45, 2.75) is 57.2 Å². The molecule has 1 saturated carbocycles. The second-order valence-electron chi connectivity index (χ2n) is 9.46. The minimum Gasteiger partial charge on any atom is -0.355 e. The lowest BCUT2D eigenvalue weighted by Crippen LogP contribution is -2.51. The van der Waals surface area contributed by atoms with Gasteiger partial charge < -0.3 is 9.80 Å². The highest BCUT2D eigenvalue weighted by atomic mass is 19.4. The molecule has 3 aliphatic rings. The predicted octanol–water partition coefficient (Wildman–Crippen LogP) is 5.40. The number of rotatable bonds is 3. The van der Waals surface area contributed by atoms with Crippen LogP contribution in [0, 0.1) is 5.41 Å². The maximum absolute atomic E-state index is 12.8. The first kappa shape index (κ1) is 20.7. The molecule has 0 N–H and O–H groups in total. The van der Waals surface area contributed by atoms with Crippen LogP contribution in [0.3, 0.4) is 0 Å². The van der Waals surface area contributed by atoms with Crippen LogP contribution in [0.25, 0.3) is 11.3 Å². The molecular formula is C24H29F3N4. The number of anilines is 1. The molecule has 2 saturated heterocycles. The van der Waals surface area contributed by atoms with Crippen LogP contribution >= 0.6 is 0 Å². The summed E-state index contributed by atoms with van der Waals surface area (Å²) in [5.74, 6) is 0.859. The zero-order valence-corrected chi connectivity index (χ0v) is 17.7. The molecule has 0 unspecified atom stereocenters. The van der Waals surface area contributed by atoms with Gasteiger partial charge in [-0.3, -0.25) is 0 Å². The minimum absolute atomic E-state index is 0.490. The average molecular weight is 431 g/mol. The Morgan fingerprint density at radius 3 is 1.97 bits per heavy atom. The number of halogens is 3. The van der Waals surface area contributed by atoms with Gasteiger partial charge in [0.1, 0.15) is 0 Å². The lowest BCUT2D eigenvalue weighted by Gasteiger charge is -2.50. The third kappa shape index (κ3) is 4.29. The van der Waals surface area contributed by atoms with E-state index in [4.69, 9.17) is 0 Å². The van der Waals surface area contributed by atoms with E-state index >= 15 is 0 Å². The molecule has 1 aromatic carbocycles. The first-order valence-corrected chi connectivity index (χ1v) is 11.4. The molecular weight excluding hydrogens is 401 g/mol. The second-order valence-corrected chi connectivity index (χ2v) is 9.46. The standard InChI is InChI=1S/C24H29F3N4/c25-24(26,27)19-6-4-18(5-7-19)21-8-9-22(29-28-21)31-16-12-23(13-17-31)10-14-30(15-11-23)20-2-1-3-20/h4-9,20H,1-3,10-17H2. The van der Waals surface area contributed by atoms with Gasteiger partial charge in [0.25, 0.3) is 0 Å². The zero-order valence-electron chi connectivity index (χ0n) is 17.7. The Morgan fingerprint density at radius 2 is 1.45 bits per heavy atom. The average Bonchev–Trinajstić information content (AvgIpc) is 2.75. The summed E-state index contributed by atoms with van der Waals surface area (Å²) in [5.41, 5.74) is 1.07. The third-order valence-electron chi connectivity index (χ3n) is 7.76. The fourth-order valence-corrected chi connectivity index (χ4v) is 5.30. The summed E-state index contributed by atoms with van der Waals surface area (Å²) in [4.78, 5) is 5.01. The SMILES string of the molecule is FC(F)(F)c1ccc(-c2ccc(N3CCC4(CC3)CCN(C3CCC3)CC4)nn2)cc1. The maximum Gasteiger partial charge on any atom is 0.416 e. The summed E-state index contributed by atoms with van der Waals surface area (Å²) >= 11 is 0. The third-order valence-corrected chi connectivity index (χ3v) is 7.76. The summed E-state index contributed by atoms with van der Waals surface area (Å²) in [5, 5.41) is 8.67. The van der Waals surface area contributed by atoms with E-state index in [2.05, 4.69) is 20.0 Å². The quantitative estimate of drug-likeness (QED) is 0.653. The van der Waals surface area contributed by atoms with E-state index in [1.54, 1.807) is 0 Å². The van der Waals surface area contributed by atoms with Crippen molar-refractivity contribution in [3.05, 3.63) is 42.0 Å². The van der Waals surface area contributed by atoms with E-state index in [9.17, 15) is 13.2 Å². The molecule has 3 heterocycles. The molecule has 166 valence electrons. The topological polar surface area (TPSA) is 32.3 Å². The lowest BCUT2D eigenvalue weighted by molar-refractivity contribution is -0.137. The van der Waals surface area contributed by atoms with Crippen molar-refractivity contribution in [2.75, 3.05) is 31.1 Å². The number of nitrogens with zero attached hydrogens (tertiary/aromatic N) is 4. The molecule has 4 nitrogen and oxygen atoms in total. The fraction of sp³-hybridized carbons (Fsp3) is 0.583. The molecule has 0 bridgehead atoms. The highest BCUT2D eigenvalue weighted by molar-refractivity contribution is 5.60. The van der Waals surface area contributed by atoms with E-state index in [1.807, 2.05) is 12.1 Å². The number of benzene rings is 1. The smallest absolute Gasteiger partial charge is 0.355 e. The van der Waals surface area contributed by atoms with E-state index < -0.39 is 11.7 Å². The summed E-state index contributed by atoms with van der Waals surface area (Å²) < 4.78 is 38.3.